The molecular formula is C6H12O2S. The van der Waals surface area contributed by atoms with Gasteiger partial charge in [-0.1, -0.05) is 6.92 Å². The van der Waals surface area contributed by atoms with Crippen molar-refractivity contribution in [2.24, 2.45) is 0 Å². The Morgan fingerprint density at radius 2 is 2.33 bits per heavy atom. The monoisotopic (exact) mass is 148 g/mol. The van der Waals surface area contributed by atoms with Crippen molar-refractivity contribution in [1.29, 1.82) is 0 Å². The van der Waals surface area contributed by atoms with Crippen molar-refractivity contribution in [2.75, 3.05) is 25.2 Å². The standard InChI is InChI=1S/C6H12O2S/c1-3-9-5-6(7)4-8-2/h3-5H2,1-2H3. The van der Waals surface area contributed by atoms with Crippen LogP contribution in [0.2, 0.25) is 0 Å². The first-order valence-corrected chi connectivity index (χ1v) is 4.05. The van der Waals surface area contributed by atoms with Crippen LogP contribution in [0.3, 0.4) is 0 Å². The number of carbonyl (C=O) groups is 1. The molecule has 0 unspecified atom stereocenters. The number of methoxy groups -OCH3 is 1. The summed E-state index contributed by atoms with van der Waals surface area (Å²) in [6.07, 6.45) is 0. The molecule has 0 aliphatic carbocycles. The SMILES string of the molecule is CCSCC(=O)COC. The third kappa shape index (κ3) is 5.86. The number of hydrogen-bond acceptors (Lipinski definition) is 3. The van der Waals surface area contributed by atoms with Gasteiger partial charge in [0.15, 0.2) is 5.78 Å². The summed E-state index contributed by atoms with van der Waals surface area (Å²) < 4.78 is 4.64. The molecule has 0 aromatic heterocycles. The second-order valence-corrected chi connectivity index (χ2v) is 2.88. The second kappa shape index (κ2) is 6.11. The minimum atomic E-state index is 0.171. The maximum atomic E-state index is 10.7. The van der Waals surface area contributed by atoms with Crippen molar-refractivity contribution in [3.05, 3.63) is 0 Å². The van der Waals surface area contributed by atoms with E-state index in [1.807, 2.05) is 6.92 Å². The Labute approximate surface area is 60.0 Å². The molecule has 0 atom stereocenters. The van der Waals surface area contributed by atoms with Crippen LogP contribution in [-0.2, 0) is 9.53 Å². The summed E-state index contributed by atoms with van der Waals surface area (Å²) in [6.45, 7) is 2.29. The smallest absolute Gasteiger partial charge is 0.168 e. The average Bonchev–Trinajstić information content (AvgIpc) is 1.85. The van der Waals surface area contributed by atoms with E-state index in [-0.39, 0.29) is 12.4 Å². The Kier molecular flexibility index (Phi) is 6.09. The lowest BCUT2D eigenvalue weighted by atomic mass is 10.5. The van der Waals surface area contributed by atoms with Crippen LogP contribution in [0.15, 0.2) is 0 Å². The number of thioether (sulfide) groups is 1. The number of rotatable bonds is 5. The van der Waals surface area contributed by atoms with Gasteiger partial charge in [-0.25, -0.2) is 0 Å². The second-order valence-electron chi connectivity index (χ2n) is 1.61. The zero-order valence-corrected chi connectivity index (χ0v) is 6.66. The van der Waals surface area contributed by atoms with Gasteiger partial charge in [-0.2, -0.15) is 11.8 Å². The van der Waals surface area contributed by atoms with E-state index in [0.717, 1.165) is 5.75 Å². The van der Waals surface area contributed by atoms with Crippen molar-refractivity contribution in [2.45, 2.75) is 6.92 Å². The zero-order chi connectivity index (χ0) is 7.11. The molecule has 0 bridgehead atoms. The van der Waals surface area contributed by atoms with E-state index in [1.165, 1.54) is 7.11 Å². The van der Waals surface area contributed by atoms with E-state index in [4.69, 9.17) is 0 Å². The van der Waals surface area contributed by atoms with Crippen LogP contribution in [0.1, 0.15) is 6.92 Å². The quantitative estimate of drug-likeness (QED) is 0.580. The molecule has 0 aliphatic heterocycles. The third-order valence-electron chi connectivity index (χ3n) is 0.772. The molecule has 0 fully saturated rings. The van der Waals surface area contributed by atoms with Crippen molar-refractivity contribution in [1.82, 2.24) is 0 Å². The first-order chi connectivity index (χ1) is 4.31. The molecular weight excluding hydrogens is 136 g/mol. The highest BCUT2D eigenvalue weighted by atomic mass is 32.2. The average molecular weight is 148 g/mol. The normalized spacial score (nSPS) is 9.56. The van der Waals surface area contributed by atoms with Crippen molar-refractivity contribution >= 4 is 17.5 Å². The summed E-state index contributed by atoms with van der Waals surface area (Å²) in [7, 11) is 1.54. The summed E-state index contributed by atoms with van der Waals surface area (Å²) in [5.41, 5.74) is 0. The molecule has 54 valence electrons. The van der Waals surface area contributed by atoms with Gasteiger partial charge in [0.25, 0.3) is 0 Å². The minimum Gasteiger partial charge on any atom is -0.377 e. The molecule has 0 radical (unpaired) electrons. The van der Waals surface area contributed by atoms with E-state index < -0.39 is 0 Å². The van der Waals surface area contributed by atoms with Crippen molar-refractivity contribution < 1.29 is 9.53 Å². The number of ketones is 1. The Balaban J connectivity index is 3.06. The summed E-state index contributed by atoms with van der Waals surface area (Å²) >= 11 is 1.63. The highest BCUT2D eigenvalue weighted by molar-refractivity contribution is 7.99. The lowest BCUT2D eigenvalue weighted by Gasteiger charge is -1.95. The molecule has 3 heteroatoms. The summed E-state index contributed by atoms with van der Waals surface area (Å²) in [6, 6.07) is 0. The molecule has 0 spiro atoms. The van der Waals surface area contributed by atoms with Gasteiger partial charge in [-0.05, 0) is 5.75 Å². The zero-order valence-electron chi connectivity index (χ0n) is 5.85. The maximum absolute atomic E-state index is 10.7. The van der Waals surface area contributed by atoms with Crippen LogP contribution >= 0.6 is 11.8 Å². The molecule has 0 saturated heterocycles. The first kappa shape index (κ1) is 8.98. The lowest BCUT2D eigenvalue weighted by molar-refractivity contribution is -0.120. The fourth-order valence-corrected chi connectivity index (χ4v) is 0.934. The predicted molar refractivity (Wildman–Crippen MR) is 39.9 cm³/mol. The summed E-state index contributed by atoms with van der Waals surface area (Å²) in [5.74, 6) is 1.75. The van der Waals surface area contributed by atoms with Crippen LogP contribution in [-0.4, -0.2) is 31.0 Å². The van der Waals surface area contributed by atoms with Gasteiger partial charge in [0.05, 0.1) is 5.75 Å². The number of ether oxygens (including phenoxy) is 1. The van der Waals surface area contributed by atoms with Crippen molar-refractivity contribution in [3.63, 3.8) is 0 Å². The molecule has 0 saturated carbocycles. The van der Waals surface area contributed by atoms with E-state index in [1.54, 1.807) is 11.8 Å². The molecule has 0 amide bonds. The highest BCUT2D eigenvalue weighted by Crippen LogP contribution is 1.97. The van der Waals surface area contributed by atoms with E-state index in [0.29, 0.717) is 5.75 Å². The van der Waals surface area contributed by atoms with E-state index >= 15 is 0 Å². The van der Waals surface area contributed by atoms with Crippen LogP contribution < -0.4 is 0 Å². The summed E-state index contributed by atoms with van der Waals surface area (Å²) in [5, 5.41) is 0. The maximum Gasteiger partial charge on any atom is 0.168 e. The van der Waals surface area contributed by atoms with Gasteiger partial charge in [0.2, 0.25) is 0 Å². The number of Topliss-reactive ketones (excluding diaryl/α,β-unsaturated/α-hetero) is 1. The van der Waals surface area contributed by atoms with Gasteiger partial charge in [0, 0.05) is 7.11 Å². The van der Waals surface area contributed by atoms with Gasteiger partial charge >= 0.3 is 0 Å². The molecule has 0 rings (SSSR count). The molecule has 0 aromatic carbocycles. The number of carbonyl (C=O) groups excluding carboxylic acids is 1. The predicted octanol–water partition coefficient (Wildman–Crippen LogP) is 0.955. The Morgan fingerprint density at radius 3 is 2.78 bits per heavy atom. The lowest BCUT2D eigenvalue weighted by Crippen LogP contribution is -2.08. The Bertz CT molecular complexity index is 83.1. The third-order valence-corrected chi connectivity index (χ3v) is 1.71. The molecule has 0 N–H and O–H groups in total. The first-order valence-electron chi connectivity index (χ1n) is 2.89. The van der Waals surface area contributed by atoms with Gasteiger partial charge < -0.3 is 4.74 Å². The topological polar surface area (TPSA) is 26.3 Å². The molecule has 0 aliphatic rings. The molecule has 9 heavy (non-hydrogen) atoms. The largest absolute Gasteiger partial charge is 0.377 e. The Hall–Kier alpha value is -0.0200. The van der Waals surface area contributed by atoms with Crippen LogP contribution in [0, 0.1) is 0 Å². The Morgan fingerprint density at radius 1 is 1.67 bits per heavy atom. The molecule has 0 aromatic rings. The molecule has 2 nitrogen and oxygen atoms in total. The van der Waals surface area contributed by atoms with Crippen molar-refractivity contribution in [3.8, 4) is 0 Å². The highest BCUT2D eigenvalue weighted by Gasteiger charge is 1.97. The van der Waals surface area contributed by atoms with Gasteiger partial charge in [0.1, 0.15) is 6.61 Å². The van der Waals surface area contributed by atoms with Crippen LogP contribution in [0.4, 0.5) is 0 Å². The van der Waals surface area contributed by atoms with E-state index in [9.17, 15) is 4.79 Å². The fraction of sp³-hybridized carbons (Fsp3) is 0.833. The minimum absolute atomic E-state index is 0.171. The van der Waals surface area contributed by atoms with Crippen LogP contribution in [0.5, 0.6) is 0 Å². The van der Waals surface area contributed by atoms with Gasteiger partial charge in [-0.15, -0.1) is 0 Å². The molecule has 0 heterocycles. The van der Waals surface area contributed by atoms with Crippen LogP contribution in [0.25, 0.3) is 0 Å². The fourth-order valence-electron chi connectivity index (χ4n) is 0.419. The summed E-state index contributed by atoms with van der Waals surface area (Å²) in [4.78, 5) is 10.7. The number of hydrogen-bond donors (Lipinski definition) is 0. The van der Waals surface area contributed by atoms with E-state index in [2.05, 4.69) is 4.74 Å². The van der Waals surface area contributed by atoms with Gasteiger partial charge in [-0.3, -0.25) is 4.79 Å².